The molecule has 4 heteroatoms. The van der Waals surface area contributed by atoms with Crippen LogP contribution in [0, 0.1) is 23.6 Å². The van der Waals surface area contributed by atoms with Crippen LogP contribution in [0.1, 0.15) is 56.6 Å². The predicted molar refractivity (Wildman–Crippen MR) is 88.8 cm³/mol. The summed E-state index contributed by atoms with van der Waals surface area (Å²) in [6, 6.07) is 3.34. The minimum Gasteiger partial charge on any atom is -0.324 e. The average molecular weight is 375 g/mol. The number of nitrogens with two attached hydrogens (primary N) is 1. The Bertz CT molecular complexity index is 522. The summed E-state index contributed by atoms with van der Waals surface area (Å²) in [7, 11) is 0. The molecule has 2 saturated carbocycles. The minimum absolute atomic E-state index is 0.148. The highest BCUT2D eigenvalue weighted by Crippen LogP contribution is 2.46. The molecule has 4 atom stereocenters. The lowest BCUT2D eigenvalue weighted by molar-refractivity contribution is 0.116. The molecule has 0 bridgehead atoms. The van der Waals surface area contributed by atoms with E-state index in [9.17, 15) is 4.39 Å². The molecule has 2 fully saturated rings. The summed E-state index contributed by atoms with van der Waals surface area (Å²) in [5, 5.41) is 0.148. The summed E-state index contributed by atoms with van der Waals surface area (Å²) in [6.07, 6.45) is 8.97. The second kappa shape index (κ2) is 6.55. The molecule has 4 unspecified atom stereocenters. The normalized spacial score (nSPS) is 30.8. The molecule has 2 aliphatic carbocycles. The fourth-order valence-corrected chi connectivity index (χ4v) is 4.77. The van der Waals surface area contributed by atoms with Crippen molar-refractivity contribution in [3.8, 4) is 0 Å². The van der Waals surface area contributed by atoms with Gasteiger partial charge in [-0.15, -0.1) is 0 Å². The second-order valence-electron chi connectivity index (χ2n) is 6.67. The van der Waals surface area contributed by atoms with Crippen molar-refractivity contribution in [3.05, 3.63) is 33.0 Å². The zero-order valence-corrected chi connectivity index (χ0v) is 14.5. The largest absolute Gasteiger partial charge is 0.324 e. The number of halogens is 3. The summed E-state index contributed by atoms with van der Waals surface area (Å²) in [6.45, 7) is 0. The summed E-state index contributed by atoms with van der Waals surface area (Å²) in [5.41, 5.74) is 6.97. The first-order chi connectivity index (χ1) is 10.1. The molecule has 0 amide bonds. The quantitative estimate of drug-likeness (QED) is 0.646. The van der Waals surface area contributed by atoms with E-state index < -0.39 is 0 Å². The highest BCUT2D eigenvalue weighted by atomic mass is 79.9. The molecular weight excluding hydrogens is 353 g/mol. The van der Waals surface area contributed by atoms with E-state index in [1.165, 1.54) is 32.1 Å². The van der Waals surface area contributed by atoms with Gasteiger partial charge in [0, 0.05) is 16.1 Å². The third-order valence-electron chi connectivity index (χ3n) is 5.51. The third-order valence-corrected chi connectivity index (χ3v) is 6.77. The number of hydrogen-bond acceptors (Lipinski definition) is 1. The van der Waals surface area contributed by atoms with Crippen LogP contribution in [-0.4, -0.2) is 0 Å². The molecule has 0 heterocycles. The van der Waals surface area contributed by atoms with Crippen LogP contribution in [0.25, 0.3) is 0 Å². The SMILES string of the molecule is NC(c1ccc(Br)c(Cl)c1F)C1CCC2CCCCC2C1. The minimum atomic E-state index is -0.357. The van der Waals surface area contributed by atoms with Crippen LogP contribution in [0.3, 0.4) is 0 Å². The average Bonchev–Trinajstić information content (AvgIpc) is 2.52. The smallest absolute Gasteiger partial charge is 0.147 e. The van der Waals surface area contributed by atoms with E-state index in [1.54, 1.807) is 12.1 Å². The Balaban J connectivity index is 1.76. The number of hydrogen-bond donors (Lipinski definition) is 1. The van der Waals surface area contributed by atoms with Crippen LogP contribution in [-0.2, 0) is 0 Å². The molecule has 21 heavy (non-hydrogen) atoms. The third kappa shape index (κ3) is 3.16. The number of fused-ring (bicyclic) bond motifs is 1. The molecular formula is C17H22BrClFN. The van der Waals surface area contributed by atoms with Gasteiger partial charge in [-0.2, -0.15) is 0 Å². The molecule has 2 aliphatic rings. The standard InChI is InChI=1S/C17H22BrClFN/c18-14-8-7-13(16(20)15(14)19)17(21)12-6-5-10-3-1-2-4-11(10)9-12/h7-8,10-12,17H,1-6,9,21H2. The molecule has 0 saturated heterocycles. The van der Waals surface area contributed by atoms with Gasteiger partial charge in [-0.3, -0.25) is 0 Å². The molecule has 1 aromatic carbocycles. The Morgan fingerprint density at radius 1 is 1.14 bits per heavy atom. The van der Waals surface area contributed by atoms with E-state index in [0.717, 1.165) is 24.7 Å². The Hall–Kier alpha value is -0.120. The van der Waals surface area contributed by atoms with Crippen molar-refractivity contribution in [2.45, 2.75) is 51.0 Å². The van der Waals surface area contributed by atoms with E-state index in [1.807, 2.05) is 0 Å². The van der Waals surface area contributed by atoms with Gasteiger partial charge in [0.2, 0.25) is 0 Å². The van der Waals surface area contributed by atoms with Crippen LogP contribution in [0.15, 0.2) is 16.6 Å². The Labute approximate surface area is 139 Å². The topological polar surface area (TPSA) is 26.0 Å². The van der Waals surface area contributed by atoms with Gasteiger partial charge < -0.3 is 5.73 Å². The van der Waals surface area contributed by atoms with Crippen molar-refractivity contribution in [1.82, 2.24) is 0 Å². The first-order valence-electron chi connectivity index (χ1n) is 7.97. The molecule has 3 rings (SSSR count). The highest BCUT2D eigenvalue weighted by molar-refractivity contribution is 9.10. The maximum Gasteiger partial charge on any atom is 0.147 e. The monoisotopic (exact) mass is 373 g/mol. The van der Waals surface area contributed by atoms with E-state index in [4.69, 9.17) is 17.3 Å². The van der Waals surface area contributed by atoms with Gasteiger partial charge in [0.1, 0.15) is 5.82 Å². The lowest BCUT2D eigenvalue weighted by Gasteiger charge is -2.41. The highest BCUT2D eigenvalue weighted by Gasteiger charge is 2.35. The second-order valence-corrected chi connectivity index (χ2v) is 7.90. The van der Waals surface area contributed by atoms with Crippen molar-refractivity contribution in [1.29, 1.82) is 0 Å². The van der Waals surface area contributed by atoms with Crippen LogP contribution in [0.4, 0.5) is 4.39 Å². The first kappa shape index (κ1) is 15.8. The van der Waals surface area contributed by atoms with E-state index >= 15 is 0 Å². The van der Waals surface area contributed by atoms with Crippen molar-refractivity contribution >= 4 is 27.5 Å². The number of rotatable bonds is 2. The Kier molecular flexibility index (Phi) is 4.92. The Morgan fingerprint density at radius 3 is 2.62 bits per heavy atom. The molecule has 1 nitrogen and oxygen atoms in total. The molecule has 0 radical (unpaired) electrons. The molecule has 116 valence electrons. The molecule has 2 N–H and O–H groups in total. The van der Waals surface area contributed by atoms with Crippen LogP contribution in [0.2, 0.25) is 5.02 Å². The van der Waals surface area contributed by atoms with Gasteiger partial charge in [-0.25, -0.2) is 4.39 Å². The number of benzene rings is 1. The molecule has 0 spiro atoms. The maximum absolute atomic E-state index is 14.4. The predicted octanol–water partition coefficient (Wildman–Crippen LogP) is 5.85. The summed E-state index contributed by atoms with van der Waals surface area (Å²) < 4.78 is 15.0. The van der Waals surface area contributed by atoms with Gasteiger partial charge in [0.15, 0.2) is 0 Å². The van der Waals surface area contributed by atoms with Crippen molar-refractivity contribution in [2.24, 2.45) is 23.5 Å². The molecule has 1 aromatic rings. The van der Waals surface area contributed by atoms with Crippen molar-refractivity contribution < 1.29 is 4.39 Å². The summed E-state index contributed by atoms with van der Waals surface area (Å²) in [4.78, 5) is 0. The van der Waals surface area contributed by atoms with Crippen LogP contribution in [0.5, 0.6) is 0 Å². The van der Waals surface area contributed by atoms with Crippen molar-refractivity contribution in [2.75, 3.05) is 0 Å². The zero-order chi connectivity index (χ0) is 15.0. The molecule has 0 aliphatic heterocycles. The van der Waals surface area contributed by atoms with E-state index in [-0.39, 0.29) is 16.9 Å². The van der Waals surface area contributed by atoms with Crippen molar-refractivity contribution in [3.63, 3.8) is 0 Å². The lowest BCUT2D eigenvalue weighted by atomic mass is 9.65. The van der Waals surface area contributed by atoms with E-state index in [0.29, 0.717) is 16.0 Å². The first-order valence-corrected chi connectivity index (χ1v) is 9.14. The molecule has 0 aromatic heterocycles. The van der Waals surface area contributed by atoms with Gasteiger partial charge in [0.05, 0.1) is 5.02 Å². The zero-order valence-electron chi connectivity index (χ0n) is 12.1. The maximum atomic E-state index is 14.4. The van der Waals surface area contributed by atoms with Crippen LogP contribution < -0.4 is 5.73 Å². The summed E-state index contributed by atoms with van der Waals surface area (Å²) in [5.74, 6) is 1.72. The van der Waals surface area contributed by atoms with Gasteiger partial charge in [-0.05, 0) is 59.0 Å². The van der Waals surface area contributed by atoms with Gasteiger partial charge >= 0.3 is 0 Å². The fourth-order valence-electron chi connectivity index (χ4n) is 4.29. The van der Waals surface area contributed by atoms with Gasteiger partial charge in [-0.1, -0.05) is 43.4 Å². The van der Waals surface area contributed by atoms with Crippen LogP contribution >= 0.6 is 27.5 Å². The summed E-state index contributed by atoms with van der Waals surface area (Å²) >= 11 is 9.26. The lowest BCUT2D eigenvalue weighted by Crippen LogP contribution is -2.33. The Morgan fingerprint density at radius 2 is 1.86 bits per heavy atom. The fraction of sp³-hybridized carbons (Fsp3) is 0.647. The van der Waals surface area contributed by atoms with E-state index in [2.05, 4.69) is 15.9 Å². The van der Waals surface area contributed by atoms with Gasteiger partial charge in [0.25, 0.3) is 0 Å².